The Balaban J connectivity index is 2.14. The van der Waals surface area contributed by atoms with Crippen molar-refractivity contribution < 1.29 is 4.39 Å². The number of halogens is 1. The van der Waals surface area contributed by atoms with Gasteiger partial charge in [0.05, 0.1) is 15.6 Å². The van der Waals surface area contributed by atoms with Crippen LogP contribution in [-0.4, -0.2) is 18.1 Å². The average Bonchev–Trinajstić information content (AvgIpc) is 2.61. The van der Waals surface area contributed by atoms with Crippen molar-refractivity contribution >= 4 is 11.3 Å². The molecule has 0 saturated carbocycles. The maximum absolute atomic E-state index is 12.5. The monoisotopic (exact) mass is 214 g/mol. The lowest BCUT2D eigenvalue weighted by Gasteiger charge is -2.20. The molecule has 0 radical (unpaired) electrons. The van der Waals surface area contributed by atoms with Crippen LogP contribution in [-0.2, 0) is 6.67 Å². The third-order valence-corrected chi connectivity index (χ3v) is 4.00. The summed E-state index contributed by atoms with van der Waals surface area (Å²) in [6.45, 7) is 3.66. The van der Waals surface area contributed by atoms with Crippen LogP contribution in [0.1, 0.15) is 34.3 Å². The van der Waals surface area contributed by atoms with E-state index >= 15 is 0 Å². The van der Waals surface area contributed by atoms with Crippen molar-refractivity contribution in [3.8, 4) is 0 Å². The summed E-state index contributed by atoms with van der Waals surface area (Å²) in [4.78, 5) is 5.26. The van der Waals surface area contributed by atoms with E-state index in [-0.39, 0.29) is 6.67 Å². The second-order valence-electron chi connectivity index (χ2n) is 3.72. The molecule has 1 fully saturated rings. The molecule has 14 heavy (non-hydrogen) atoms. The van der Waals surface area contributed by atoms with Crippen molar-refractivity contribution in [1.82, 2.24) is 10.3 Å². The molecule has 0 aliphatic carbocycles. The summed E-state index contributed by atoms with van der Waals surface area (Å²) in [6.07, 6.45) is 2.28. The Bertz CT molecular complexity index is 305. The van der Waals surface area contributed by atoms with Gasteiger partial charge in [0.15, 0.2) is 0 Å². The molecule has 0 aromatic carbocycles. The van der Waals surface area contributed by atoms with Gasteiger partial charge in [0.2, 0.25) is 0 Å². The minimum absolute atomic E-state index is 0.367. The highest BCUT2D eigenvalue weighted by atomic mass is 32.1. The number of thiazole rings is 1. The zero-order chi connectivity index (χ0) is 9.97. The summed E-state index contributed by atoms with van der Waals surface area (Å²) in [5, 5.41) is 4.46. The van der Waals surface area contributed by atoms with Crippen molar-refractivity contribution in [3.63, 3.8) is 0 Å². The molecule has 78 valence electrons. The van der Waals surface area contributed by atoms with Crippen LogP contribution in [0.25, 0.3) is 0 Å². The van der Waals surface area contributed by atoms with Gasteiger partial charge in [-0.2, -0.15) is 0 Å². The zero-order valence-electron chi connectivity index (χ0n) is 8.35. The van der Waals surface area contributed by atoms with E-state index in [9.17, 15) is 4.39 Å². The smallest absolute Gasteiger partial charge is 0.126 e. The highest BCUT2D eigenvalue weighted by Gasteiger charge is 2.19. The SMILES string of the molecule is Cc1nc(C2CCNCC2)sc1CF. The number of rotatable bonds is 2. The first-order valence-corrected chi connectivity index (χ1v) is 5.86. The molecular formula is C10H15FN2S. The van der Waals surface area contributed by atoms with Crippen molar-refractivity contribution in [2.45, 2.75) is 32.4 Å². The maximum atomic E-state index is 12.5. The molecule has 1 aliphatic rings. The fraction of sp³-hybridized carbons (Fsp3) is 0.700. The Morgan fingerprint density at radius 2 is 2.21 bits per heavy atom. The van der Waals surface area contributed by atoms with E-state index in [4.69, 9.17) is 0 Å². The Hall–Kier alpha value is -0.480. The molecule has 0 spiro atoms. The number of hydrogen-bond donors (Lipinski definition) is 1. The van der Waals surface area contributed by atoms with Crippen molar-refractivity contribution in [2.24, 2.45) is 0 Å². The summed E-state index contributed by atoms with van der Waals surface area (Å²) in [6, 6.07) is 0. The number of hydrogen-bond acceptors (Lipinski definition) is 3. The lowest BCUT2D eigenvalue weighted by molar-refractivity contribution is 0.459. The second kappa shape index (κ2) is 4.36. The maximum Gasteiger partial charge on any atom is 0.126 e. The first-order chi connectivity index (χ1) is 6.81. The highest BCUT2D eigenvalue weighted by molar-refractivity contribution is 7.11. The summed E-state index contributed by atoms with van der Waals surface area (Å²) in [5.41, 5.74) is 0.881. The Morgan fingerprint density at radius 1 is 1.50 bits per heavy atom. The van der Waals surface area contributed by atoms with Gasteiger partial charge in [-0.15, -0.1) is 11.3 Å². The number of piperidine rings is 1. The Labute approximate surface area is 87.6 Å². The van der Waals surface area contributed by atoms with Gasteiger partial charge >= 0.3 is 0 Å². The fourth-order valence-corrected chi connectivity index (χ4v) is 2.90. The molecule has 1 aromatic heterocycles. The van der Waals surface area contributed by atoms with Crippen LogP contribution >= 0.6 is 11.3 Å². The predicted molar refractivity (Wildman–Crippen MR) is 56.5 cm³/mol. The van der Waals surface area contributed by atoms with Crippen LogP contribution in [0.15, 0.2) is 0 Å². The summed E-state index contributed by atoms with van der Waals surface area (Å²) < 4.78 is 12.5. The predicted octanol–water partition coefficient (Wildman–Crippen LogP) is 2.39. The number of nitrogens with one attached hydrogen (secondary N) is 1. The molecule has 2 rings (SSSR count). The molecule has 2 heterocycles. The minimum Gasteiger partial charge on any atom is -0.317 e. The molecule has 1 N–H and O–H groups in total. The van der Waals surface area contributed by atoms with Gasteiger partial charge in [0.1, 0.15) is 6.67 Å². The quantitative estimate of drug-likeness (QED) is 0.817. The van der Waals surface area contributed by atoms with E-state index in [0.29, 0.717) is 5.92 Å². The largest absolute Gasteiger partial charge is 0.317 e. The topological polar surface area (TPSA) is 24.9 Å². The normalized spacial score (nSPS) is 18.7. The van der Waals surface area contributed by atoms with E-state index in [1.807, 2.05) is 6.92 Å². The third kappa shape index (κ3) is 1.96. The molecule has 0 unspecified atom stereocenters. The third-order valence-electron chi connectivity index (χ3n) is 2.72. The average molecular weight is 214 g/mol. The number of aryl methyl sites for hydroxylation is 1. The van der Waals surface area contributed by atoms with Gasteiger partial charge in [0.25, 0.3) is 0 Å². The molecule has 1 saturated heterocycles. The van der Waals surface area contributed by atoms with Crippen molar-refractivity contribution in [1.29, 1.82) is 0 Å². The van der Waals surface area contributed by atoms with Gasteiger partial charge in [-0.25, -0.2) is 9.37 Å². The molecule has 0 bridgehead atoms. The molecule has 2 nitrogen and oxygen atoms in total. The van der Waals surface area contributed by atoms with Crippen LogP contribution in [0.5, 0.6) is 0 Å². The molecule has 1 aromatic rings. The van der Waals surface area contributed by atoms with Crippen LogP contribution in [0.2, 0.25) is 0 Å². The van der Waals surface area contributed by atoms with E-state index < -0.39 is 0 Å². The molecular weight excluding hydrogens is 199 g/mol. The molecule has 0 atom stereocenters. The van der Waals surface area contributed by atoms with E-state index in [1.54, 1.807) is 11.3 Å². The zero-order valence-corrected chi connectivity index (χ0v) is 9.16. The summed E-state index contributed by atoms with van der Waals surface area (Å²) in [7, 11) is 0. The van der Waals surface area contributed by atoms with Crippen molar-refractivity contribution in [3.05, 3.63) is 15.6 Å². The summed E-state index contributed by atoms with van der Waals surface area (Å²) in [5.74, 6) is 0.556. The van der Waals surface area contributed by atoms with Gasteiger partial charge < -0.3 is 5.32 Å². The van der Waals surface area contributed by atoms with Crippen molar-refractivity contribution in [2.75, 3.05) is 13.1 Å². The van der Waals surface area contributed by atoms with Gasteiger partial charge in [-0.3, -0.25) is 0 Å². The molecule has 4 heteroatoms. The summed E-state index contributed by atoms with van der Waals surface area (Å²) >= 11 is 1.55. The number of nitrogens with zero attached hydrogens (tertiary/aromatic N) is 1. The van der Waals surface area contributed by atoms with E-state index in [0.717, 1.165) is 41.5 Å². The van der Waals surface area contributed by atoms with Crippen LogP contribution in [0.3, 0.4) is 0 Å². The minimum atomic E-state index is -0.367. The Kier molecular flexibility index (Phi) is 3.13. The Morgan fingerprint density at radius 3 is 2.79 bits per heavy atom. The van der Waals surface area contributed by atoms with E-state index in [2.05, 4.69) is 10.3 Å². The standard InChI is InChI=1S/C10H15FN2S/c1-7-9(6-11)14-10(13-7)8-2-4-12-5-3-8/h8,12H,2-6H2,1H3. The fourth-order valence-electron chi connectivity index (χ4n) is 1.82. The van der Waals surface area contributed by atoms with Gasteiger partial charge in [0, 0.05) is 5.92 Å². The van der Waals surface area contributed by atoms with E-state index in [1.165, 1.54) is 0 Å². The van der Waals surface area contributed by atoms with Crippen LogP contribution in [0.4, 0.5) is 4.39 Å². The first kappa shape index (κ1) is 10.1. The highest BCUT2D eigenvalue weighted by Crippen LogP contribution is 2.30. The van der Waals surface area contributed by atoms with Gasteiger partial charge in [-0.05, 0) is 32.9 Å². The lowest BCUT2D eigenvalue weighted by atomic mass is 9.99. The number of aromatic nitrogens is 1. The first-order valence-electron chi connectivity index (χ1n) is 5.04. The lowest BCUT2D eigenvalue weighted by Crippen LogP contribution is -2.26. The second-order valence-corrected chi connectivity index (χ2v) is 4.83. The molecule has 0 amide bonds. The number of alkyl halides is 1. The van der Waals surface area contributed by atoms with Crippen LogP contribution in [0, 0.1) is 6.92 Å². The van der Waals surface area contributed by atoms with Crippen LogP contribution < -0.4 is 5.32 Å². The van der Waals surface area contributed by atoms with Gasteiger partial charge in [-0.1, -0.05) is 0 Å². The molecule has 1 aliphatic heterocycles.